The zero-order valence-electron chi connectivity index (χ0n) is 12.6. The van der Waals surface area contributed by atoms with Crippen molar-refractivity contribution < 1.29 is 13.2 Å². The van der Waals surface area contributed by atoms with Gasteiger partial charge in [-0.15, -0.1) is 0 Å². The van der Waals surface area contributed by atoms with Gasteiger partial charge in [0.1, 0.15) is 6.10 Å². The second kappa shape index (κ2) is 6.55. The van der Waals surface area contributed by atoms with Crippen LogP contribution >= 0.6 is 0 Å². The molecule has 0 unspecified atom stereocenters. The maximum atomic E-state index is 12.6. The van der Waals surface area contributed by atoms with Gasteiger partial charge in [-0.1, -0.05) is 6.07 Å². The number of benzene rings is 1. The lowest BCUT2D eigenvalue weighted by Crippen LogP contribution is -2.41. The molecule has 122 valence electrons. The summed E-state index contributed by atoms with van der Waals surface area (Å²) >= 11 is 0. The third-order valence-corrected chi connectivity index (χ3v) is 5.76. The number of rotatable bonds is 4. The van der Waals surface area contributed by atoms with Crippen molar-refractivity contribution in [2.24, 2.45) is 0 Å². The minimum atomic E-state index is -3.47. The number of nitrogens with two attached hydrogens (primary N) is 1. The molecule has 0 bridgehead atoms. The average Bonchev–Trinajstić information content (AvgIpc) is 2.57. The molecule has 1 saturated heterocycles. The Bertz CT molecular complexity index is 740. The Labute approximate surface area is 136 Å². The quantitative estimate of drug-likeness (QED) is 0.864. The first kappa shape index (κ1) is 15.8. The Morgan fingerprint density at radius 3 is 2.39 bits per heavy atom. The van der Waals surface area contributed by atoms with Crippen LogP contribution in [0.25, 0.3) is 0 Å². The maximum Gasteiger partial charge on any atom is 0.243 e. The number of sulfonamides is 1. The zero-order valence-corrected chi connectivity index (χ0v) is 13.4. The van der Waals surface area contributed by atoms with E-state index in [0.29, 0.717) is 37.5 Å². The molecule has 2 heterocycles. The highest BCUT2D eigenvalue weighted by molar-refractivity contribution is 7.89. The van der Waals surface area contributed by atoms with Crippen molar-refractivity contribution >= 4 is 15.7 Å². The molecule has 0 aliphatic carbocycles. The van der Waals surface area contributed by atoms with E-state index in [1.165, 1.54) is 4.31 Å². The van der Waals surface area contributed by atoms with Gasteiger partial charge in [0.2, 0.25) is 15.9 Å². The van der Waals surface area contributed by atoms with Crippen molar-refractivity contribution in [3.8, 4) is 5.88 Å². The van der Waals surface area contributed by atoms with E-state index in [1.807, 2.05) is 12.1 Å². The van der Waals surface area contributed by atoms with Crippen molar-refractivity contribution in [3.63, 3.8) is 0 Å². The molecule has 0 amide bonds. The summed E-state index contributed by atoms with van der Waals surface area (Å²) in [7, 11) is -3.47. The summed E-state index contributed by atoms with van der Waals surface area (Å²) in [4.78, 5) is 4.40. The summed E-state index contributed by atoms with van der Waals surface area (Å²) < 4.78 is 32.5. The van der Waals surface area contributed by atoms with Crippen LogP contribution in [0.5, 0.6) is 5.88 Å². The molecule has 7 heteroatoms. The van der Waals surface area contributed by atoms with Gasteiger partial charge in [-0.2, -0.15) is 4.31 Å². The molecule has 2 aromatic rings. The second-order valence-electron chi connectivity index (χ2n) is 5.46. The van der Waals surface area contributed by atoms with Crippen molar-refractivity contribution in [3.05, 3.63) is 48.7 Å². The lowest BCUT2D eigenvalue weighted by molar-refractivity contribution is 0.130. The Balaban J connectivity index is 1.63. The van der Waals surface area contributed by atoms with Crippen LogP contribution in [0.1, 0.15) is 12.8 Å². The van der Waals surface area contributed by atoms with Crippen LogP contribution in [0.2, 0.25) is 0 Å². The molecule has 0 spiro atoms. The highest BCUT2D eigenvalue weighted by Gasteiger charge is 2.30. The number of piperidine rings is 1. The first-order valence-electron chi connectivity index (χ1n) is 7.49. The van der Waals surface area contributed by atoms with Crippen molar-refractivity contribution in [2.45, 2.75) is 23.8 Å². The summed E-state index contributed by atoms with van der Waals surface area (Å²) in [5, 5.41) is 0. The fraction of sp³-hybridized carbons (Fsp3) is 0.312. The number of nitrogen functional groups attached to an aromatic ring is 1. The van der Waals surface area contributed by atoms with Crippen molar-refractivity contribution in [1.29, 1.82) is 0 Å². The lowest BCUT2D eigenvalue weighted by atomic mass is 10.1. The largest absolute Gasteiger partial charge is 0.474 e. The van der Waals surface area contributed by atoms with Crippen molar-refractivity contribution in [2.75, 3.05) is 18.8 Å². The normalized spacial score (nSPS) is 17.0. The Morgan fingerprint density at radius 2 is 1.78 bits per heavy atom. The molecule has 2 N–H and O–H groups in total. The Morgan fingerprint density at radius 1 is 1.09 bits per heavy atom. The predicted octanol–water partition coefficient (Wildman–Crippen LogP) is 1.90. The van der Waals surface area contributed by atoms with Gasteiger partial charge in [-0.3, -0.25) is 0 Å². The SMILES string of the molecule is Nc1ccc(S(=O)(=O)N2CCC(Oc3ccccn3)CC2)cc1. The third-order valence-electron chi connectivity index (χ3n) is 3.84. The highest BCUT2D eigenvalue weighted by Crippen LogP contribution is 2.23. The summed E-state index contributed by atoms with van der Waals surface area (Å²) in [5.41, 5.74) is 6.16. The lowest BCUT2D eigenvalue weighted by Gasteiger charge is -2.31. The Hall–Kier alpha value is -2.12. The minimum Gasteiger partial charge on any atom is -0.474 e. The third kappa shape index (κ3) is 3.62. The molecule has 6 nitrogen and oxygen atoms in total. The van der Waals surface area contributed by atoms with Gasteiger partial charge < -0.3 is 10.5 Å². The molecule has 3 rings (SSSR count). The van der Waals surface area contributed by atoms with E-state index in [0.717, 1.165) is 0 Å². The molecule has 1 aliphatic rings. The van der Waals surface area contributed by atoms with Crippen LogP contribution in [-0.4, -0.2) is 36.9 Å². The van der Waals surface area contributed by atoms with E-state index in [9.17, 15) is 8.42 Å². The van der Waals surface area contributed by atoms with Crippen molar-refractivity contribution in [1.82, 2.24) is 9.29 Å². The van der Waals surface area contributed by atoms with E-state index >= 15 is 0 Å². The fourth-order valence-electron chi connectivity index (χ4n) is 2.57. The van der Waals surface area contributed by atoms with Gasteiger partial charge in [-0.25, -0.2) is 13.4 Å². The minimum absolute atomic E-state index is 0.0113. The summed E-state index contributed by atoms with van der Waals surface area (Å²) in [5.74, 6) is 0.576. The molecule has 1 aromatic heterocycles. The maximum absolute atomic E-state index is 12.6. The average molecular weight is 333 g/mol. The van der Waals surface area contributed by atoms with Gasteiger partial charge in [-0.05, 0) is 43.2 Å². The molecule has 23 heavy (non-hydrogen) atoms. The van der Waals surface area contributed by atoms with E-state index in [2.05, 4.69) is 4.98 Å². The number of pyridine rings is 1. The summed E-state index contributed by atoms with van der Waals surface area (Å²) in [6.45, 7) is 0.869. The highest BCUT2D eigenvalue weighted by atomic mass is 32.2. The molecule has 0 radical (unpaired) electrons. The van der Waals surface area contributed by atoms with Crippen LogP contribution in [0.15, 0.2) is 53.6 Å². The smallest absolute Gasteiger partial charge is 0.243 e. The second-order valence-corrected chi connectivity index (χ2v) is 7.40. The molecule has 0 saturated carbocycles. The van der Waals surface area contributed by atoms with Gasteiger partial charge >= 0.3 is 0 Å². The van der Waals surface area contributed by atoms with Crippen LogP contribution < -0.4 is 10.5 Å². The number of aromatic nitrogens is 1. The molecule has 1 aliphatic heterocycles. The monoisotopic (exact) mass is 333 g/mol. The van der Waals surface area contributed by atoms with Gasteiger partial charge in [0, 0.05) is 31.0 Å². The summed E-state index contributed by atoms with van der Waals surface area (Å²) in [6, 6.07) is 11.8. The first-order chi connectivity index (χ1) is 11.1. The number of ether oxygens (including phenoxy) is 1. The number of hydrogen-bond acceptors (Lipinski definition) is 5. The first-order valence-corrected chi connectivity index (χ1v) is 8.93. The summed E-state index contributed by atoms with van der Waals surface area (Å²) in [6.07, 6.45) is 2.95. The van der Waals surface area contributed by atoms with Gasteiger partial charge in [0.05, 0.1) is 4.90 Å². The van der Waals surface area contributed by atoms with E-state index in [4.69, 9.17) is 10.5 Å². The predicted molar refractivity (Wildman–Crippen MR) is 87.5 cm³/mol. The molecular formula is C16H19N3O3S. The number of hydrogen-bond donors (Lipinski definition) is 1. The molecular weight excluding hydrogens is 314 g/mol. The van der Waals surface area contributed by atoms with Crippen LogP contribution in [0, 0.1) is 0 Å². The van der Waals surface area contributed by atoms with E-state index in [-0.39, 0.29) is 11.0 Å². The van der Waals surface area contributed by atoms with Crippen LogP contribution in [0.4, 0.5) is 5.69 Å². The number of nitrogens with zero attached hydrogens (tertiary/aromatic N) is 2. The Kier molecular flexibility index (Phi) is 4.49. The molecule has 1 aromatic carbocycles. The topological polar surface area (TPSA) is 85.5 Å². The molecule has 1 fully saturated rings. The van der Waals surface area contributed by atoms with Crippen LogP contribution in [0.3, 0.4) is 0 Å². The van der Waals surface area contributed by atoms with Gasteiger partial charge in [0.15, 0.2) is 0 Å². The fourth-order valence-corrected chi connectivity index (χ4v) is 4.04. The van der Waals surface area contributed by atoms with E-state index < -0.39 is 10.0 Å². The molecule has 0 atom stereocenters. The van der Waals surface area contributed by atoms with Crippen LogP contribution in [-0.2, 0) is 10.0 Å². The number of anilines is 1. The van der Waals surface area contributed by atoms with E-state index in [1.54, 1.807) is 36.5 Å². The zero-order chi connectivity index (χ0) is 16.3. The van der Waals surface area contributed by atoms with Gasteiger partial charge in [0.25, 0.3) is 0 Å². The standard InChI is InChI=1S/C16H19N3O3S/c17-13-4-6-15(7-5-13)23(20,21)19-11-8-14(9-12-19)22-16-3-1-2-10-18-16/h1-7,10,14H,8-9,11-12,17H2.